The first kappa shape index (κ1) is 19.6. The second-order valence-electron chi connectivity index (χ2n) is 7.30. The number of ketones is 1. The van der Waals surface area contributed by atoms with E-state index < -0.39 is 0 Å². The van der Waals surface area contributed by atoms with Crippen molar-refractivity contribution in [1.82, 2.24) is 9.88 Å². The predicted octanol–water partition coefficient (Wildman–Crippen LogP) is 4.13. The molecular formula is C23H25N3O2S. The summed E-state index contributed by atoms with van der Waals surface area (Å²) in [4.78, 5) is 21.9. The van der Waals surface area contributed by atoms with Crippen molar-refractivity contribution in [3.05, 3.63) is 65.0 Å². The van der Waals surface area contributed by atoms with E-state index in [1.54, 1.807) is 18.4 Å². The van der Waals surface area contributed by atoms with Gasteiger partial charge in [0.15, 0.2) is 10.9 Å². The summed E-state index contributed by atoms with van der Waals surface area (Å²) in [6.07, 6.45) is 0. The van der Waals surface area contributed by atoms with Gasteiger partial charge in [-0.2, -0.15) is 0 Å². The predicted molar refractivity (Wildman–Crippen MR) is 118 cm³/mol. The normalized spacial score (nSPS) is 14.8. The number of benzene rings is 2. The van der Waals surface area contributed by atoms with Gasteiger partial charge in [-0.05, 0) is 19.1 Å². The van der Waals surface area contributed by atoms with Crippen LogP contribution in [0.4, 0.5) is 5.13 Å². The number of methoxy groups -OCH3 is 1. The molecule has 2 aromatic carbocycles. The van der Waals surface area contributed by atoms with Crippen molar-refractivity contribution in [3.8, 4) is 17.0 Å². The number of anilines is 1. The summed E-state index contributed by atoms with van der Waals surface area (Å²) in [5, 5.41) is 3.13. The zero-order valence-corrected chi connectivity index (χ0v) is 17.6. The Morgan fingerprint density at radius 1 is 1.10 bits per heavy atom. The Labute approximate surface area is 175 Å². The van der Waals surface area contributed by atoms with E-state index in [-0.39, 0.29) is 5.78 Å². The number of hydrogen-bond donors (Lipinski definition) is 0. The lowest BCUT2D eigenvalue weighted by molar-refractivity contribution is 0.0926. The molecule has 29 heavy (non-hydrogen) atoms. The summed E-state index contributed by atoms with van der Waals surface area (Å²) in [6, 6.07) is 15.8. The first-order chi connectivity index (χ1) is 14.1. The Morgan fingerprint density at radius 2 is 1.86 bits per heavy atom. The van der Waals surface area contributed by atoms with Crippen LogP contribution in [0.3, 0.4) is 0 Å². The van der Waals surface area contributed by atoms with Crippen molar-refractivity contribution in [2.75, 3.05) is 44.7 Å². The quantitative estimate of drug-likeness (QED) is 0.575. The molecule has 0 N–H and O–H groups in total. The molecule has 6 heteroatoms. The minimum atomic E-state index is 0.188. The van der Waals surface area contributed by atoms with Gasteiger partial charge in [0.2, 0.25) is 0 Å². The number of thiazole rings is 1. The van der Waals surface area contributed by atoms with Gasteiger partial charge in [-0.1, -0.05) is 42.0 Å². The van der Waals surface area contributed by atoms with Crippen LogP contribution in [0.5, 0.6) is 5.75 Å². The van der Waals surface area contributed by atoms with Crippen LogP contribution in [0, 0.1) is 6.92 Å². The maximum absolute atomic E-state index is 12.5. The fraction of sp³-hybridized carbons (Fsp3) is 0.304. The van der Waals surface area contributed by atoms with E-state index >= 15 is 0 Å². The Morgan fingerprint density at radius 3 is 2.59 bits per heavy atom. The van der Waals surface area contributed by atoms with Crippen LogP contribution in [0.25, 0.3) is 11.3 Å². The van der Waals surface area contributed by atoms with Gasteiger partial charge in [0.1, 0.15) is 5.75 Å². The van der Waals surface area contributed by atoms with Crippen LogP contribution < -0.4 is 9.64 Å². The molecule has 0 bridgehead atoms. The van der Waals surface area contributed by atoms with Crippen molar-refractivity contribution < 1.29 is 9.53 Å². The number of carbonyl (C=O) groups is 1. The van der Waals surface area contributed by atoms with E-state index in [1.165, 1.54) is 5.56 Å². The van der Waals surface area contributed by atoms with Crippen LogP contribution in [0.15, 0.2) is 53.9 Å². The highest BCUT2D eigenvalue weighted by molar-refractivity contribution is 7.14. The van der Waals surface area contributed by atoms with Crippen LogP contribution >= 0.6 is 11.3 Å². The maximum Gasteiger partial charge on any atom is 0.185 e. The topological polar surface area (TPSA) is 45.7 Å². The largest absolute Gasteiger partial charge is 0.497 e. The lowest BCUT2D eigenvalue weighted by Gasteiger charge is -2.34. The summed E-state index contributed by atoms with van der Waals surface area (Å²) in [5.41, 5.74) is 4.00. The Balaban J connectivity index is 1.34. The number of carbonyl (C=O) groups excluding carboxylic acids is 1. The molecule has 0 atom stereocenters. The van der Waals surface area contributed by atoms with E-state index in [4.69, 9.17) is 9.72 Å². The van der Waals surface area contributed by atoms with Gasteiger partial charge in [0.05, 0.1) is 19.3 Å². The fourth-order valence-electron chi connectivity index (χ4n) is 3.46. The van der Waals surface area contributed by atoms with Crippen molar-refractivity contribution >= 4 is 22.3 Å². The highest BCUT2D eigenvalue weighted by Gasteiger charge is 2.21. The Hall–Kier alpha value is -2.70. The number of hydrogen-bond acceptors (Lipinski definition) is 6. The van der Waals surface area contributed by atoms with E-state index in [0.29, 0.717) is 6.54 Å². The Kier molecular flexibility index (Phi) is 5.92. The number of aryl methyl sites for hydroxylation is 1. The van der Waals surface area contributed by atoms with E-state index in [1.807, 2.05) is 49.4 Å². The standard InChI is InChI=1S/C23H25N3O2S/c1-17-6-8-18(9-7-17)22(27)15-25-10-12-26(13-11-25)23-24-21(16-29-23)19-4-3-5-20(14-19)28-2/h3-9,14,16H,10-13,15H2,1-2H3. The zero-order valence-electron chi connectivity index (χ0n) is 16.8. The van der Waals surface area contributed by atoms with E-state index in [0.717, 1.165) is 53.9 Å². The molecule has 0 spiro atoms. The molecule has 150 valence electrons. The van der Waals surface area contributed by atoms with Crippen molar-refractivity contribution in [2.45, 2.75) is 6.92 Å². The van der Waals surface area contributed by atoms with Crippen molar-refractivity contribution in [3.63, 3.8) is 0 Å². The molecule has 2 heterocycles. The summed E-state index contributed by atoms with van der Waals surface area (Å²) < 4.78 is 5.31. The number of rotatable bonds is 6. The summed E-state index contributed by atoms with van der Waals surface area (Å²) >= 11 is 1.67. The molecule has 0 unspecified atom stereocenters. The average Bonchev–Trinajstić information content (AvgIpc) is 3.25. The van der Waals surface area contributed by atoms with Gasteiger partial charge < -0.3 is 9.64 Å². The molecule has 5 nitrogen and oxygen atoms in total. The minimum absolute atomic E-state index is 0.188. The second-order valence-corrected chi connectivity index (χ2v) is 8.14. The highest BCUT2D eigenvalue weighted by Crippen LogP contribution is 2.29. The van der Waals surface area contributed by atoms with E-state index in [2.05, 4.69) is 21.2 Å². The third-order valence-corrected chi connectivity index (χ3v) is 6.14. The molecule has 0 radical (unpaired) electrons. The Bertz CT molecular complexity index is 976. The van der Waals surface area contributed by atoms with Crippen LogP contribution in [0.1, 0.15) is 15.9 Å². The van der Waals surface area contributed by atoms with Gasteiger partial charge in [-0.3, -0.25) is 9.69 Å². The van der Waals surface area contributed by atoms with Crippen LogP contribution in [-0.4, -0.2) is 55.5 Å². The lowest BCUT2D eigenvalue weighted by atomic mass is 10.1. The van der Waals surface area contributed by atoms with Crippen molar-refractivity contribution in [2.24, 2.45) is 0 Å². The fourth-order valence-corrected chi connectivity index (χ4v) is 4.34. The summed E-state index contributed by atoms with van der Waals surface area (Å²) in [5.74, 6) is 1.02. The molecule has 1 aliphatic rings. The van der Waals surface area contributed by atoms with Gasteiger partial charge in [-0.25, -0.2) is 4.98 Å². The number of aromatic nitrogens is 1. The minimum Gasteiger partial charge on any atom is -0.497 e. The van der Waals surface area contributed by atoms with Gasteiger partial charge >= 0.3 is 0 Å². The van der Waals surface area contributed by atoms with Gasteiger partial charge in [0, 0.05) is 42.7 Å². The maximum atomic E-state index is 12.5. The first-order valence-electron chi connectivity index (χ1n) is 9.79. The van der Waals surface area contributed by atoms with Gasteiger partial charge in [0.25, 0.3) is 0 Å². The molecule has 0 aliphatic carbocycles. The SMILES string of the molecule is COc1cccc(-c2csc(N3CCN(CC(=O)c4ccc(C)cc4)CC3)n2)c1. The van der Waals surface area contributed by atoms with Crippen LogP contribution in [0.2, 0.25) is 0 Å². The molecule has 0 amide bonds. The highest BCUT2D eigenvalue weighted by atomic mass is 32.1. The third-order valence-electron chi connectivity index (χ3n) is 5.24. The molecule has 1 saturated heterocycles. The van der Waals surface area contributed by atoms with E-state index in [9.17, 15) is 4.79 Å². The number of Topliss-reactive ketones (excluding diaryl/α,β-unsaturated/α-hetero) is 1. The number of ether oxygens (including phenoxy) is 1. The number of nitrogens with zero attached hydrogens (tertiary/aromatic N) is 3. The smallest absolute Gasteiger partial charge is 0.185 e. The van der Waals surface area contributed by atoms with Crippen LogP contribution in [-0.2, 0) is 0 Å². The molecule has 0 saturated carbocycles. The zero-order chi connectivity index (χ0) is 20.2. The molecule has 1 aliphatic heterocycles. The van der Waals surface area contributed by atoms with Crippen molar-refractivity contribution in [1.29, 1.82) is 0 Å². The second kappa shape index (κ2) is 8.76. The third kappa shape index (κ3) is 4.66. The summed E-state index contributed by atoms with van der Waals surface area (Å²) in [6.45, 7) is 6.01. The lowest BCUT2D eigenvalue weighted by Crippen LogP contribution is -2.48. The summed E-state index contributed by atoms with van der Waals surface area (Å²) in [7, 11) is 1.68. The molecule has 1 fully saturated rings. The molecular weight excluding hydrogens is 382 g/mol. The average molecular weight is 408 g/mol. The first-order valence-corrected chi connectivity index (χ1v) is 10.7. The van der Waals surface area contributed by atoms with Gasteiger partial charge in [-0.15, -0.1) is 11.3 Å². The molecule has 4 rings (SSSR count). The molecule has 3 aromatic rings. The number of piperazine rings is 1. The molecule has 1 aromatic heterocycles. The monoisotopic (exact) mass is 407 g/mol.